The van der Waals surface area contributed by atoms with Crippen LogP contribution in [-0.2, 0) is 21.7 Å². The third-order valence-corrected chi connectivity index (χ3v) is 12.6. The van der Waals surface area contributed by atoms with Gasteiger partial charge in [0.25, 0.3) is 0 Å². The van der Waals surface area contributed by atoms with Crippen molar-refractivity contribution in [3.05, 3.63) is 234 Å². The number of rotatable bonds is 2. The Labute approximate surface area is 455 Å². The fraction of sp³-hybridized carbons (Fsp3) is 0.243. The molecule has 0 aliphatic rings. The minimum Gasteiger partial charge on any atom is -0.496 e. The molecule has 2 nitrogen and oxygen atoms in total. The summed E-state index contributed by atoms with van der Waals surface area (Å²) in [5.41, 5.74) is 15.5. The van der Waals surface area contributed by atoms with E-state index >= 15 is 0 Å². The Morgan fingerprint density at radius 1 is 0.250 bits per heavy atom. The first-order chi connectivity index (χ1) is 36.0. The van der Waals surface area contributed by atoms with Gasteiger partial charge in [-0.3, -0.25) is 0 Å². The highest BCUT2D eigenvalue weighted by molar-refractivity contribution is 5.60. The Morgan fingerprint density at radius 2 is 0.408 bits per heavy atom. The maximum atomic E-state index is 5.97. The quantitative estimate of drug-likeness (QED) is 0.161. The number of hydrogen-bond acceptors (Lipinski definition) is 2. The predicted octanol–water partition coefficient (Wildman–Crippen LogP) is 15.3. The van der Waals surface area contributed by atoms with Gasteiger partial charge in [0.05, 0.1) is 14.2 Å². The van der Waals surface area contributed by atoms with Crippen LogP contribution in [0.4, 0.5) is 0 Å². The highest BCUT2D eigenvalue weighted by Crippen LogP contribution is 2.42. The van der Waals surface area contributed by atoms with Crippen LogP contribution in [-0.4, -0.2) is 14.2 Å². The van der Waals surface area contributed by atoms with Gasteiger partial charge in [-0.2, -0.15) is 0 Å². The van der Waals surface area contributed by atoms with Crippen molar-refractivity contribution < 1.29 is 9.47 Å². The average Bonchev–Trinajstić information content (AvgIpc) is 3.40. The molecule has 7 rings (SSSR count). The molecule has 0 bridgehead atoms. The van der Waals surface area contributed by atoms with E-state index in [1.54, 1.807) is 14.2 Å². The Bertz CT molecular complexity index is 3480. The first kappa shape index (κ1) is 54.8. The second kappa shape index (κ2) is 23.1. The lowest BCUT2D eigenvalue weighted by Gasteiger charge is -2.29. The van der Waals surface area contributed by atoms with Crippen LogP contribution < -0.4 is 9.47 Å². The highest BCUT2D eigenvalue weighted by atomic mass is 16.5. The molecule has 0 saturated heterocycles. The summed E-state index contributed by atoms with van der Waals surface area (Å²) in [6.45, 7) is 26.5. The van der Waals surface area contributed by atoms with E-state index in [0.717, 1.165) is 106 Å². The molecule has 7 aromatic carbocycles. The summed E-state index contributed by atoms with van der Waals surface area (Å²) in [5.74, 6) is 44.8. The lowest BCUT2D eigenvalue weighted by molar-refractivity contribution is 0.381. The summed E-state index contributed by atoms with van der Waals surface area (Å²) in [4.78, 5) is 0. The fourth-order valence-corrected chi connectivity index (χ4v) is 8.34. The molecule has 76 heavy (non-hydrogen) atoms. The third kappa shape index (κ3) is 14.6. The van der Waals surface area contributed by atoms with Crippen LogP contribution in [0.5, 0.6) is 11.5 Å². The molecule has 0 atom stereocenters. The van der Waals surface area contributed by atoms with Crippen molar-refractivity contribution in [2.24, 2.45) is 0 Å². The van der Waals surface area contributed by atoms with Crippen molar-refractivity contribution in [1.82, 2.24) is 0 Å². The van der Waals surface area contributed by atoms with E-state index in [1.165, 1.54) is 0 Å². The normalized spacial score (nSPS) is 10.9. The molecule has 0 fully saturated rings. The molecule has 2 heteroatoms. The zero-order valence-electron chi connectivity index (χ0n) is 46.7. The van der Waals surface area contributed by atoms with Gasteiger partial charge >= 0.3 is 0 Å². The molecule has 374 valence electrons. The van der Waals surface area contributed by atoms with E-state index in [0.29, 0.717) is 0 Å². The first-order valence-corrected chi connectivity index (χ1v) is 25.6. The molecule has 0 aromatic heterocycles. The SMILES string of the molecule is C#Cc1ccc(C#Cc2ccc(C#Cc3cc(C#Cc4ccc(C#Cc5cc(C(C)(C)C)c(OC)c(C(C)(C)C)c5)cc4)cc(C#Cc4ccc(C#Cc5cc(C(C)(C)C)c(OC)c(C(C)(C)C)c5)cc4)c3)cc2)cc1. The van der Waals surface area contributed by atoms with Crippen molar-refractivity contribution in [1.29, 1.82) is 0 Å². The molecule has 0 aliphatic carbocycles. The number of hydrogen-bond donors (Lipinski definition) is 0. The van der Waals surface area contributed by atoms with Crippen LogP contribution >= 0.6 is 0 Å². The molecular weight excluding hydrogens is 921 g/mol. The van der Waals surface area contributed by atoms with Gasteiger partial charge < -0.3 is 9.47 Å². The molecule has 0 unspecified atom stereocenters. The first-order valence-electron chi connectivity index (χ1n) is 25.6. The van der Waals surface area contributed by atoms with Gasteiger partial charge in [-0.15, -0.1) is 6.42 Å². The fourth-order valence-electron chi connectivity index (χ4n) is 8.34. The molecule has 0 N–H and O–H groups in total. The van der Waals surface area contributed by atoms with E-state index in [9.17, 15) is 0 Å². The van der Waals surface area contributed by atoms with Gasteiger partial charge in [0.15, 0.2) is 0 Å². The Morgan fingerprint density at radius 3 is 0.566 bits per heavy atom. The zero-order valence-corrected chi connectivity index (χ0v) is 46.7. The summed E-state index contributed by atoms with van der Waals surface area (Å²) in [7, 11) is 3.51. The second-order valence-corrected chi connectivity index (χ2v) is 23.0. The summed E-state index contributed by atoms with van der Waals surface area (Å²) in [6.07, 6.45) is 5.51. The van der Waals surface area contributed by atoms with Crippen LogP contribution in [0.15, 0.2) is 140 Å². The van der Waals surface area contributed by atoms with Gasteiger partial charge in [0.2, 0.25) is 0 Å². The number of methoxy groups -OCH3 is 2. The minimum atomic E-state index is -0.110. The number of benzene rings is 7. The van der Waals surface area contributed by atoms with Crippen LogP contribution in [0, 0.1) is 83.4 Å². The Balaban J connectivity index is 1.17. The van der Waals surface area contributed by atoms with Crippen molar-refractivity contribution in [2.45, 2.75) is 105 Å². The third-order valence-electron chi connectivity index (χ3n) is 12.6. The molecular formula is C74H66O2. The minimum absolute atomic E-state index is 0.110. The van der Waals surface area contributed by atoms with Crippen molar-refractivity contribution in [3.63, 3.8) is 0 Å². The van der Waals surface area contributed by atoms with Crippen LogP contribution in [0.3, 0.4) is 0 Å². The Kier molecular flexibility index (Phi) is 16.7. The maximum absolute atomic E-state index is 5.97. The molecule has 0 aliphatic heterocycles. The van der Waals surface area contributed by atoms with Gasteiger partial charge in [-0.25, -0.2) is 0 Å². The molecule has 0 spiro atoms. The highest BCUT2D eigenvalue weighted by Gasteiger charge is 2.29. The van der Waals surface area contributed by atoms with Crippen LogP contribution in [0.1, 0.15) is 178 Å². The van der Waals surface area contributed by atoms with Crippen molar-refractivity contribution in [2.75, 3.05) is 14.2 Å². The molecule has 0 heterocycles. The Hall–Kier alpha value is -8.94. The molecule has 0 amide bonds. The van der Waals surface area contributed by atoms with E-state index < -0.39 is 0 Å². The smallest absolute Gasteiger partial charge is 0.126 e. The van der Waals surface area contributed by atoms with E-state index in [4.69, 9.17) is 15.9 Å². The molecule has 0 saturated carbocycles. The van der Waals surface area contributed by atoms with Gasteiger partial charge in [-0.1, -0.05) is 160 Å². The maximum Gasteiger partial charge on any atom is 0.126 e. The lowest BCUT2D eigenvalue weighted by Crippen LogP contribution is -2.19. The topological polar surface area (TPSA) is 18.5 Å². The zero-order chi connectivity index (χ0) is 54.8. The average molecular weight is 987 g/mol. The summed E-state index contributed by atoms with van der Waals surface area (Å²) >= 11 is 0. The summed E-state index contributed by atoms with van der Waals surface area (Å²) in [6, 6.07) is 46.4. The summed E-state index contributed by atoms with van der Waals surface area (Å²) in [5, 5.41) is 0. The second-order valence-electron chi connectivity index (χ2n) is 23.0. The lowest BCUT2D eigenvalue weighted by atomic mass is 9.78. The van der Waals surface area contributed by atoms with Crippen LogP contribution in [0.25, 0.3) is 0 Å². The molecule has 7 aromatic rings. The van der Waals surface area contributed by atoms with E-state index in [2.05, 4.69) is 184 Å². The van der Waals surface area contributed by atoms with E-state index in [-0.39, 0.29) is 21.7 Å². The molecule has 0 radical (unpaired) electrons. The van der Waals surface area contributed by atoms with Crippen LogP contribution in [0.2, 0.25) is 0 Å². The monoisotopic (exact) mass is 987 g/mol. The van der Waals surface area contributed by atoms with Gasteiger partial charge in [0, 0.05) is 94.6 Å². The largest absolute Gasteiger partial charge is 0.496 e. The number of ether oxygens (including phenoxy) is 2. The number of terminal acetylenes is 1. The van der Waals surface area contributed by atoms with Gasteiger partial charge in [0.1, 0.15) is 11.5 Å². The van der Waals surface area contributed by atoms with Gasteiger partial charge in [-0.05, 0) is 161 Å². The summed E-state index contributed by atoms with van der Waals surface area (Å²) < 4.78 is 11.9. The standard InChI is InChI=1S/C74H66O2/c1-16-52-17-19-53(20-18-52)21-22-54-23-25-55(26-24-54)35-40-60-45-61(41-36-56-27-31-58(32-28-56)38-43-63-48-65(71(2,3)4)69(75-14)66(49-63)72(5,6)7)47-62(46-60)42-37-57-29-33-59(34-30-57)39-44-64-50-67(73(8,9)10)70(76-15)68(51-64)74(11,12)13/h1,17-20,23-34,45-51H,2-15H3. The predicted molar refractivity (Wildman–Crippen MR) is 317 cm³/mol. The van der Waals surface area contributed by atoms with Crippen molar-refractivity contribution >= 4 is 0 Å². The van der Waals surface area contributed by atoms with E-state index in [1.807, 2.05) is 115 Å². The van der Waals surface area contributed by atoms with Crippen molar-refractivity contribution in [3.8, 4) is 94.9 Å².